The minimum absolute atomic E-state index is 0.283. The normalized spacial score (nSPS) is 16.6. The Morgan fingerprint density at radius 1 is 1.64 bits per heavy atom. The highest BCUT2D eigenvalue weighted by Gasteiger charge is 2.32. The molecule has 0 aliphatic heterocycles. The highest BCUT2D eigenvalue weighted by molar-refractivity contribution is 6.19. The number of hydrogen-bond acceptors (Lipinski definition) is 3. The predicted molar refractivity (Wildman–Crippen MR) is 53.0 cm³/mol. The minimum atomic E-state index is -0.373. The molecule has 0 spiro atoms. The molecule has 0 aromatic carbocycles. The van der Waals surface area contributed by atoms with Crippen LogP contribution >= 0.6 is 0 Å². The Morgan fingerprint density at radius 2 is 2.29 bits per heavy atom. The van der Waals surface area contributed by atoms with Gasteiger partial charge in [-0.3, -0.25) is 0 Å². The van der Waals surface area contributed by atoms with Crippen LogP contribution < -0.4 is 5.32 Å². The van der Waals surface area contributed by atoms with Gasteiger partial charge in [-0.2, -0.15) is 0 Å². The molecular weight excluding hydrogens is 180 g/mol. The first-order chi connectivity index (χ1) is 6.70. The first-order valence-corrected chi connectivity index (χ1v) is 4.96. The summed E-state index contributed by atoms with van der Waals surface area (Å²) in [5, 5.41) is 9.55. The highest BCUT2D eigenvalue weighted by Crippen LogP contribution is 2.32. The Kier molecular flexibility index (Phi) is 3.83. The Labute approximate surface area is 83.8 Å². The fourth-order valence-corrected chi connectivity index (χ4v) is 1.24. The van der Waals surface area contributed by atoms with Crippen molar-refractivity contribution in [2.24, 2.45) is 5.92 Å². The van der Waals surface area contributed by atoms with Crippen LogP contribution in [0.1, 0.15) is 19.8 Å². The second kappa shape index (κ2) is 4.91. The molecule has 0 aromatic heterocycles. The van der Waals surface area contributed by atoms with Gasteiger partial charge in [0, 0.05) is 5.92 Å². The molecule has 0 amide bonds. The van der Waals surface area contributed by atoms with E-state index in [1.54, 1.807) is 18.4 Å². The van der Waals surface area contributed by atoms with Gasteiger partial charge in [0.2, 0.25) is 0 Å². The zero-order chi connectivity index (χ0) is 10.6. The molecule has 0 bridgehead atoms. The van der Waals surface area contributed by atoms with E-state index in [0.717, 1.165) is 12.8 Å². The van der Waals surface area contributed by atoms with Crippen molar-refractivity contribution < 1.29 is 14.8 Å². The van der Waals surface area contributed by atoms with E-state index in [-0.39, 0.29) is 11.9 Å². The lowest BCUT2D eigenvalue weighted by atomic mass is 10.1. The number of nitrogens with one attached hydrogen (secondary N) is 1. The van der Waals surface area contributed by atoms with E-state index in [1.165, 1.54) is 0 Å². The second-order valence-electron chi connectivity index (χ2n) is 3.32. The lowest BCUT2D eigenvalue weighted by Gasteiger charge is -2.05. The summed E-state index contributed by atoms with van der Waals surface area (Å²) >= 11 is 0. The van der Waals surface area contributed by atoms with Crippen molar-refractivity contribution in [1.82, 2.24) is 0 Å². The summed E-state index contributed by atoms with van der Waals surface area (Å²) < 4.78 is 4.89. The van der Waals surface area contributed by atoms with Crippen LogP contribution in [0.3, 0.4) is 0 Å². The standard InChI is InChI=1S/C10H16N2O2/c1-3-14-10(13)8(6-12-2)9(11)7-4-5-7/h6-7,11-12H,3-5H2,1-2H3/p+1/b8-6+,11-9?. The van der Waals surface area contributed by atoms with E-state index in [9.17, 15) is 4.79 Å². The average molecular weight is 197 g/mol. The molecule has 3 N–H and O–H groups in total. The van der Waals surface area contributed by atoms with Gasteiger partial charge >= 0.3 is 5.97 Å². The van der Waals surface area contributed by atoms with E-state index in [1.807, 2.05) is 7.05 Å². The van der Waals surface area contributed by atoms with Gasteiger partial charge in [-0.1, -0.05) is 0 Å². The molecule has 0 unspecified atom stereocenters. The summed E-state index contributed by atoms with van der Waals surface area (Å²) in [6.45, 7) is 2.13. The summed E-state index contributed by atoms with van der Waals surface area (Å²) in [5.41, 5.74) is 0.846. The van der Waals surface area contributed by atoms with Crippen molar-refractivity contribution in [3.63, 3.8) is 0 Å². The van der Waals surface area contributed by atoms with Gasteiger partial charge in [0.1, 0.15) is 11.8 Å². The Balaban J connectivity index is 2.67. The van der Waals surface area contributed by atoms with Crippen LogP contribution in [-0.2, 0) is 9.53 Å². The molecule has 0 atom stereocenters. The van der Waals surface area contributed by atoms with Gasteiger partial charge < -0.3 is 15.5 Å². The summed E-state index contributed by atoms with van der Waals surface area (Å²) in [7, 11) is 1.83. The van der Waals surface area contributed by atoms with E-state index in [4.69, 9.17) is 10.1 Å². The van der Waals surface area contributed by atoms with Crippen LogP contribution in [0.4, 0.5) is 0 Å². The molecule has 0 saturated heterocycles. The second-order valence-corrected chi connectivity index (χ2v) is 3.32. The van der Waals surface area contributed by atoms with E-state index in [0.29, 0.717) is 17.9 Å². The van der Waals surface area contributed by atoms with Crippen molar-refractivity contribution >= 4 is 11.7 Å². The topological polar surface area (TPSA) is 66.8 Å². The monoisotopic (exact) mass is 197 g/mol. The SMILES string of the molecule is CCOC(=O)/C(=C/[NH2+]C)C(=N)C1CC1. The summed E-state index contributed by atoms with van der Waals surface area (Å²) in [5.74, 6) is -0.0897. The highest BCUT2D eigenvalue weighted by atomic mass is 16.5. The summed E-state index contributed by atoms with van der Waals surface area (Å²) in [4.78, 5) is 11.5. The zero-order valence-electron chi connectivity index (χ0n) is 8.67. The van der Waals surface area contributed by atoms with Crippen molar-refractivity contribution in [3.8, 4) is 0 Å². The van der Waals surface area contributed by atoms with Gasteiger partial charge in [0.15, 0.2) is 0 Å². The van der Waals surface area contributed by atoms with Crippen LogP contribution in [0, 0.1) is 11.3 Å². The van der Waals surface area contributed by atoms with Crippen molar-refractivity contribution in [2.75, 3.05) is 13.7 Å². The lowest BCUT2D eigenvalue weighted by Crippen LogP contribution is -2.73. The van der Waals surface area contributed by atoms with Crippen molar-refractivity contribution in [2.45, 2.75) is 19.8 Å². The number of hydrogen-bond donors (Lipinski definition) is 2. The first kappa shape index (κ1) is 10.9. The minimum Gasteiger partial charge on any atom is -0.462 e. The molecule has 1 aliphatic rings. The third-order valence-corrected chi connectivity index (χ3v) is 2.10. The number of esters is 1. The summed E-state index contributed by atoms with van der Waals surface area (Å²) in [6.07, 6.45) is 3.72. The van der Waals surface area contributed by atoms with Crippen LogP contribution in [0.15, 0.2) is 11.8 Å². The molecule has 0 aromatic rings. The molecule has 1 fully saturated rings. The third-order valence-electron chi connectivity index (χ3n) is 2.10. The molecule has 0 heterocycles. The van der Waals surface area contributed by atoms with E-state index in [2.05, 4.69) is 0 Å². The maximum absolute atomic E-state index is 11.5. The average Bonchev–Trinajstić information content (AvgIpc) is 2.96. The quantitative estimate of drug-likeness (QED) is 0.372. The molecule has 1 saturated carbocycles. The molecule has 1 aliphatic carbocycles. The van der Waals surface area contributed by atoms with Crippen molar-refractivity contribution in [1.29, 1.82) is 5.41 Å². The maximum Gasteiger partial charge on any atom is 0.345 e. The van der Waals surface area contributed by atoms with Gasteiger partial charge in [-0.25, -0.2) is 4.79 Å². The Bertz CT molecular complexity index is 267. The third kappa shape index (κ3) is 2.67. The predicted octanol–water partition coefficient (Wildman–Crippen LogP) is 0.0564. The van der Waals surface area contributed by atoms with Crippen molar-refractivity contribution in [3.05, 3.63) is 11.8 Å². The molecule has 78 valence electrons. The number of nitrogens with two attached hydrogens (primary N) is 1. The van der Waals surface area contributed by atoms with Gasteiger partial charge in [0.05, 0.1) is 19.4 Å². The van der Waals surface area contributed by atoms with Crippen LogP contribution in [0.25, 0.3) is 0 Å². The number of ether oxygens (including phenoxy) is 1. The van der Waals surface area contributed by atoms with Gasteiger partial charge in [0.25, 0.3) is 0 Å². The van der Waals surface area contributed by atoms with E-state index >= 15 is 0 Å². The smallest absolute Gasteiger partial charge is 0.345 e. The molecule has 4 nitrogen and oxygen atoms in total. The zero-order valence-corrected chi connectivity index (χ0v) is 8.67. The first-order valence-electron chi connectivity index (χ1n) is 4.96. The lowest BCUT2D eigenvalue weighted by molar-refractivity contribution is -0.556. The molecular formula is C10H17N2O2+. The molecule has 14 heavy (non-hydrogen) atoms. The molecule has 0 radical (unpaired) electrons. The van der Waals surface area contributed by atoms with E-state index < -0.39 is 0 Å². The van der Waals surface area contributed by atoms with Crippen LogP contribution in [-0.4, -0.2) is 25.3 Å². The fraction of sp³-hybridized carbons (Fsp3) is 0.600. The number of quaternary nitrogens is 1. The Morgan fingerprint density at radius 3 is 2.71 bits per heavy atom. The molecule has 1 rings (SSSR count). The number of rotatable bonds is 5. The summed E-state index contributed by atoms with van der Waals surface area (Å²) in [6, 6.07) is 0. The van der Waals surface area contributed by atoms with Gasteiger partial charge in [-0.15, -0.1) is 0 Å². The Hall–Kier alpha value is -1.16. The molecule has 4 heteroatoms. The van der Waals surface area contributed by atoms with Crippen LogP contribution in [0.2, 0.25) is 0 Å². The van der Waals surface area contributed by atoms with Gasteiger partial charge in [-0.05, 0) is 19.8 Å². The largest absolute Gasteiger partial charge is 0.462 e. The number of carbonyl (C=O) groups is 1. The number of carbonyl (C=O) groups excluding carboxylic acids is 1. The maximum atomic E-state index is 11.5. The fourth-order valence-electron chi connectivity index (χ4n) is 1.24. The van der Waals surface area contributed by atoms with Crippen LogP contribution in [0.5, 0.6) is 0 Å².